The third-order valence-corrected chi connectivity index (χ3v) is 2.15. The Labute approximate surface area is 67.5 Å². The van der Waals surface area contributed by atoms with Gasteiger partial charge in [-0.1, -0.05) is 6.92 Å². The van der Waals surface area contributed by atoms with E-state index in [1.807, 2.05) is 6.92 Å². The average Bonchev–Trinajstić information content (AvgIpc) is 1.83. The first-order chi connectivity index (χ1) is 5.24. The zero-order valence-electron chi connectivity index (χ0n) is 7.18. The summed E-state index contributed by atoms with van der Waals surface area (Å²) < 4.78 is 0. The van der Waals surface area contributed by atoms with E-state index in [-0.39, 0.29) is 11.8 Å². The summed E-state index contributed by atoms with van der Waals surface area (Å²) in [4.78, 5) is 11.2. The molecule has 64 valence electrons. The van der Waals surface area contributed by atoms with E-state index in [4.69, 9.17) is 0 Å². The van der Waals surface area contributed by atoms with Crippen molar-refractivity contribution in [2.45, 2.75) is 26.3 Å². The topological polar surface area (TPSA) is 41.1 Å². The Morgan fingerprint density at radius 2 is 2.36 bits per heavy atom. The molecule has 1 fully saturated rings. The molecule has 0 saturated carbocycles. The van der Waals surface area contributed by atoms with E-state index >= 15 is 0 Å². The van der Waals surface area contributed by atoms with Crippen LogP contribution in [0.15, 0.2) is 0 Å². The minimum absolute atomic E-state index is 0.207. The Morgan fingerprint density at radius 1 is 1.73 bits per heavy atom. The van der Waals surface area contributed by atoms with Crippen molar-refractivity contribution in [1.29, 1.82) is 0 Å². The first-order valence-electron chi connectivity index (χ1n) is 4.25. The van der Waals surface area contributed by atoms with Crippen LogP contribution in [-0.2, 0) is 4.79 Å². The molecule has 0 aliphatic carbocycles. The van der Waals surface area contributed by atoms with Crippen molar-refractivity contribution >= 4 is 5.91 Å². The summed E-state index contributed by atoms with van der Waals surface area (Å²) in [5, 5.41) is 6.03. The van der Waals surface area contributed by atoms with Crippen LogP contribution in [0.4, 0.5) is 0 Å². The zero-order chi connectivity index (χ0) is 8.27. The lowest BCUT2D eigenvalue weighted by Crippen LogP contribution is -2.52. The van der Waals surface area contributed by atoms with Gasteiger partial charge in [0.05, 0.1) is 5.92 Å². The second kappa shape index (κ2) is 3.72. The van der Waals surface area contributed by atoms with Crippen LogP contribution in [0.25, 0.3) is 0 Å². The number of hydrogen-bond donors (Lipinski definition) is 2. The number of rotatable bonds is 3. The molecule has 1 aliphatic rings. The molecule has 0 aromatic carbocycles. The fourth-order valence-electron chi connectivity index (χ4n) is 0.937. The van der Waals surface area contributed by atoms with E-state index < -0.39 is 0 Å². The van der Waals surface area contributed by atoms with Crippen molar-refractivity contribution in [3.63, 3.8) is 0 Å². The third kappa shape index (κ3) is 2.19. The van der Waals surface area contributed by atoms with E-state index in [0.29, 0.717) is 6.04 Å². The van der Waals surface area contributed by atoms with Crippen molar-refractivity contribution in [3.8, 4) is 0 Å². The van der Waals surface area contributed by atoms with Crippen LogP contribution in [0, 0.1) is 5.92 Å². The molecule has 1 saturated heterocycles. The van der Waals surface area contributed by atoms with Gasteiger partial charge in [-0.15, -0.1) is 0 Å². The maximum absolute atomic E-state index is 11.2. The molecule has 0 aromatic rings. The molecular formula is C8H16N2O. The number of hydrogen-bond acceptors (Lipinski definition) is 2. The Morgan fingerprint density at radius 3 is 2.73 bits per heavy atom. The predicted octanol–water partition coefficient (Wildman–Crippen LogP) is 0.120. The molecule has 1 heterocycles. The molecule has 1 aliphatic heterocycles. The lowest BCUT2D eigenvalue weighted by Gasteiger charge is -2.27. The van der Waals surface area contributed by atoms with Crippen LogP contribution < -0.4 is 10.6 Å². The Balaban J connectivity index is 2.19. The van der Waals surface area contributed by atoms with Gasteiger partial charge < -0.3 is 10.6 Å². The van der Waals surface area contributed by atoms with Gasteiger partial charge in [0.15, 0.2) is 0 Å². The van der Waals surface area contributed by atoms with E-state index in [2.05, 4.69) is 17.6 Å². The highest BCUT2D eigenvalue weighted by Crippen LogP contribution is 2.03. The highest BCUT2D eigenvalue weighted by atomic mass is 16.2. The Bertz CT molecular complexity index is 143. The minimum Gasteiger partial charge on any atom is -0.353 e. The van der Waals surface area contributed by atoms with Crippen molar-refractivity contribution in [1.82, 2.24) is 10.6 Å². The predicted molar refractivity (Wildman–Crippen MR) is 44.3 cm³/mol. The highest BCUT2D eigenvalue weighted by molar-refractivity contribution is 5.80. The maximum atomic E-state index is 11.2. The van der Waals surface area contributed by atoms with Crippen LogP contribution in [-0.4, -0.2) is 25.0 Å². The van der Waals surface area contributed by atoms with Crippen LogP contribution >= 0.6 is 0 Å². The lowest BCUT2D eigenvalue weighted by atomic mass is 10.0. The fraction of sp³-hybridized carbons (Fsp3) is 0.875. The molecule has 1 atom stereocenters. The van der Waals surface area contributed by atoms with Gasteiger partial charge in [0, 0.05) is 19.1 Å². The van der Waals surface area contributed by atoms with Gasteiger partial charge in [-0.05, 0) is 13.3 Å². The smallest absolute Gasteiger partial charge is 0.225 e. The second-order valence-electron chi connectivity index (χ2n) is 3.17. The molecule has 1 unspecified atom stereocenters. The van der Waals surface area contributed by atoms with E-state index in [1.165, 1.54) is 0 Å². The molecular weight excluding hydrogens is 140 g/mol. The van der Waals surface area contributed by atoms with Crippen molar-refractivity contribution in [2.75, 3.05) is 13.1 Å². The monoisotopic (exact) mass is 156 g/mol. The summed E-state index contributed by atoms with van der Waals surface area (Å²) in [6.07, 6.45) is 1.01. The summed E-state index contributed by atoms with van der Waals surface area (Å²) >= 11 is 0. The fourth-order valence-corrected chi connectivity index (χ4v) is 0.937. The summed E-state index contributed by atoms with van der Waals surface area (Å²) in [6, 6.07) is 0.322. The van der Waals surface area contributed by atoms with E-state index in [9.17, 15) is 4.79 Å². The number of amides is 1. The van der Waals surface area contributed by atoms with E-state index in [1.54, 1.807) is 0 Å². The molecule has 1 amide bonds. The second-order valence-corrected chi connectivity index (χ2v) is 3.17. The first-order valence-corrected chi connectivity index (χ1v) is 4.25. The van der Waals surface area contributed by atoms with Crippen LogP contribution in [0.1, 0.15) is 20.3 Å². The molecule has 1 rings (SSSR count). The van der Waals surface area contributed by atoms with Crippen molar-refractivity contribution in [2.24, 2.45) is 5.92 Å². The van der Waals surface area contributed by atoms with Crippen molar-refractivity contribution < 1.29 is 4.79 Å². The van der Waals surface area contributed by atoms with E-state index in [0.717, 1.165) is 19.5 Å². The molecule has 0 aromatic heterocycles. The summed E-state index contributed by atoms with van der Waals surface area (Å²) in [7, 11) is 0. The summed E-state index contributed by atoms with van der Waals surface area (Å²) in [5.41, 5.74) is 0. The van der Waals surface area contributed by atoms with Crippen LogP contribution in [0.2, 0.25) is 0 Å². The third-order valence-electron chi connectivity index (χ3n) is 2.15. The molecule has 0 spiro atoms. The normalized spacial score (nSPS) is 20.5. The molecule has 11 heavy (non-hydrogen) atoms. The lowest BCUT2D eigenvalue weighted by molar-refractivity contribution is -0.127. The standard InChI is InChI=1S/C8H16N2O/c1-3-6(2)10-8(11)7-4-9-5-7/h6-7,9H,3-5H2,1-2H3,(H,10,11). The van der Waals surface area contributed by atoms with Gasteiger partial charge in [0.2, 0.25) is 5.91 Å². The summed E-state index contributed by atoms with van der Waals surface area (Å²) in [5.74, 6) is 0.433. The molecule has 3 nitrogen and oxygen atoms in total. The zero-order valence-corrected chi connectivity index (χ0v) is 7.18. The van der Waals surface area contributed by atoms with Crippen LogP contribution in [0.3, 0.4) is 0 Å². The molecule has 0 radical (unpaired) electrons. The Hall–Kier alpha value is -0.570. The number of carbonyl (C=O) groups excluding carboxylic acids is 1. The van der Waals surface area contributed by atoms with Gasteiger partial charge in [-0.2, -0.15) is 0 Å². The van der Waals surface area contributed by atoms with Gasteiger partial charge >= 0.3 is 0 Å². The van der Waals surface area contributed by atoms with Gasteiger partial charge in [0.1, 0.15) is 0 Å². The van der Waals surface area contributed by atoms with Gasteiger partial charge in [-0.3, -0.25) is 4.79 Å². The Kier molecular flexibility index (Phi) is 2.88. The number of carbonyl (C=O) groups is 1. The van der Waals surface area contributed by atoms with Gasteiger partial charge in [0.25, 0.3) is 0 Å². The first kappa shape index (κ1) is 8.53. The quantitative estimate of drug-likeness (QED) is 0.609. The van der Waals surface area contributed by atoms with Gasteiger partial charge in [-0.25, -0.2) is 0 Å². The van der Waals surface area contributed by atoms with Crippen LogP contribution in [0.5, 0.6) is 0 Å². The average molecular weight is 156 g/mol. The number of nitrogens with one attached hydrogen (secondary N) is 2. The molecule has 2 N–H and O–H groups in total. The highest BCUT2D eigenvalue weighted by Gasteiger charge is 2.24. The largest absolute Gasteiger partial charge is 0.353 e. The van der Waals surface area contributed by atoms with Crippen molar-refractivity contribution in [3.05, 3.63) is 0 Å². The summed E-state index contributed by atoms with van der Waals surface area (Å²) in [6.45, 7) is 5.80. The SMILES string of the molecule is CCC(C)NC(=O)C1CNC1. The minimum atomic E-state index is 0.207. The molecule has 3 heteroatoms. The molecule has 0 bridgehead atoms. The maximum Gasteiger partial charge on any atom is 0.225 e.